The molecule has 0 fully saturated rings. The van der Waals surface area contributed by atoms with Crippen LogP contribution in [0.15, 0.2) is 253 Å². The van der Waals surface area contributed by atoms with Crippen LogP contribution in [0, 0.1) is 0 Å². The van der Waals surface area contributed by atoms with Crippen LogP contribution in [-0.2, 0) is 5.41 Å². The average Bonchev–Trinajstić information content (AvgIpc) is 3.68. The van der Waals surface area contributed by atoms with Gasteiger partial charge in [-0.3, -0.25) is 4.99 Å². The molecular weight excluding hydrogens is 771 g/mol. The minimum Gasteiger partial charge on any atom is -0.252 e. The van der Waals surface area contributed by atoms with Gasteiger partial charge < -0.3 is 0 Å². The van der Waals surface area contributed by atoms with E-state index in [2.05, 4.69) is 250 Å². The lowest BCUT2D eigenvalue weighted by atomic mass is 9.67. The van der Waals surface area contributed by atoms with Gasteiger partial charge in [0.1, 0.15) is 0 Å². The third kappa shape index (κ3) is 6.87. The number of allylic oxidation sites excluding steroid dienone is 3. The van der Waals surface area contributed by atoms with Gasteiger partial charge in [0.15, 0.2) is 0 Å². The van der Waals surface area contributed by atoms with E-state index < -0.39 is 5.41 Å². The summed E-state index contributed by atoms with van der Waals surface area (Å²) < 4.78 is 0. The molecule has 0 bridgehead atoms. The summed E-state index contributed by atoms with van der Waals surface area (Å²) in [6.07, 6.45) is 4.12. The lowest BCUT2D eigenvalue weighted by Gasteiger charge is -2.34. The molecule has 304 valence electrons. The van der Waals surface area contributed by atoms with Crippen molar-refractivity contribution in [3.63, 3.8) is 0 Å². The molecule has 0 amide bonds. The van der Waals surface area contributed by atoms with Crippen molar-refractivity contribution in [1.29, 1.82) is 0 Å². The van der Waals surface area contributed by atoms with Crippen molar-refractivity contribution in [3.05, 3.63) is 287 Å². The second kappa shape index (κ2) is 16.8. The van der Waals surface area contributed by atoms with Crippen molar-refractivity contribution >= 4 is 17.0 Å². The van der Waals surface area contributed by atoms with Gasteiger partial charge in [-0.15, -0.1) is 0 Å². The lowest BCUT2D eigenvalue weighted by Crippen LogP contribution is -2.28. The first-order valence-corrected chi connectivity index (χ1v) is 22.4. The molecule has 1 aliphatic heterocycles. The molecule has 0 saturated heterocycles. The van der Waals surface area contributed by atoms with Gasteiger partial charge in [-0.1, -0.05) is 231 Å². The van der Waals surface area contributed by atoms with Crippen molar-refractivity contribution in [1.82, 2.24) is 0 Å². The maximum absolute atomic E-state index is 5.65. The van der Waals surface area contributed by atoms with Crippen molar-refractivity contribution in [3.8, 4) is 44.5 Å². The van der Waals surface area contributed by atoms with E-state index in [9.17, 15) is 0 Å². The van der Waals surface area contributed by atoms with Gasteiger partial charge in [-0.2, -0.15) is 0 Å². The molecule has 9 aromatic rings. The highest BCUT2D eigenvalue weighted by Gasteiger charge is 2.46. The predicted octanol–water partition coefficient (Wildman–Crippen LogP) is 16.1. The Kier molecular flexibility index (Phi) is 10.2. The molecule has 0 atom stereocenters. The van der Waals surface area contributed by atoms with Gasteiger partial charge >= 0.3 is 0 Å². The summed E-state index contributed by atoms with van der Waals surface area (Å²) in [5.41, 5.74) is 22.6. The zero-order chi connectivity index (χ0) is 42.9. The molecule has 2 aliphatic rings. The van der Waals surface area contributed by atoms with Gasteiger partial charge in [0.2, 0.25) is 0 Å². The van der Waals surface area contributed by atoms with Crippen LogP contribution in [0.3, 0.4) is 0 Å². The first kappa shape index (κ1) is 39.0. The summed E-state index contributed by atoms with van der Waals surface area (Å²) in [6, 6.07) is 86.3. The highest BCUT2D eigenvalue weighted by molar-refractivity contribution is 6.07. The smallest absolute Gasteiger partial charge is 0.0740 e. The Labute approximate surface area is 377 Å². The maximum Gasteiger partial charge on any atom is 0.0740 e. The van der Waals surface area contributed by atoms with Crippen molar-refractivity contribution < 1.29 is 0 Å². The Hall–Kier alpha value is -7.87. The standard InChI is InChI=1S/C63H47N/c1-44-55(50-25-16-24-49(42-50)47-40-38-46(39-41-47)45-20-6-2-7-21-45)33-19-37-60(64-62(44)48-22-8-3-9-23-48)52-27-17-26-51(43-52)56-34-18-36-59-61(56)57-32-14-15-35-58(57)63(59,53-28-10-4-11-29-53)54-30-12-5-13-31-54/h2-18,20-36,38-43H,19,37H2,1H3. The zero-order valence-corrected chi connectivity index (χ0v) is 36.0. The SMILES string of the molecule is CC1=C(c2ccccc2)N=C(c2cccc(-c3cccc4c3-c3ccccc3C4(c3ccccc3)c3ccccc3)c2)CCC=C1c1cccc(-c2ccc(-c3ccccc3)cc2)c1. The Bertz CT molecular complexity index is 3190. The molecule has 0 spiro atoms. The topological polar surface area (TPSA) is 12.4 Å². The first-order chi connectivity index (χ1) is 31.7. The Morgan fingerprint density at radius 3 is 1.53 bits per heavy atom. The summed E-state index contributed by atoms with van der Waals surface area (Å²) >= 11 is 0. The molecule has 11 rings (SSSR count). The van der Waals surface area contributed by atoms with Crippen LogP contribution in [0.2, 0.25) is 0 Å². The van der Waals surface area contributed by atoms with E-state index in [1.807, 2.05) is 0 Å². The van der Waals surface area contributed by atoms with E-state index in [0.29, 0.717) is 0 Å². The Morgan fingerprint density at radius 1 is 0.375 bits per heavy atom. The van der Waals surface area contributed by atoms with Crippen LogP contribution in [-0.4, -0.2) is 5.71 Å². The van der Waals surface area contributed by atoms with Crippen LogP contribution >= 0.6 is 0 Å². The summed E-state index contributed by atoms with van der Waals surface area (Å²) in [7, 11) is 0. The molecule has 1 heteroatoms. The van der Waals surface area contributed by atoms with Crippen LogP contribution in [0.5, 0.6) is 0 Å². The highest BCUT2D eigenvalue weighted by Crippen LogP contribution is 2.58. The number of fused-ring (bicyclic) bond motifs is 3. The van der Waals surface area contributed by atoms with E-state index in [0.717, 1.165) is 35.4 Å². The fourth-order valence-electron chi connectivity index (χ4n) is 10.3. The minimum absolute atomic E-state index is 0.449. The fourth-order valence-corrected chi connectivity index (χ4v) is 10.3. The van der Waals surface area contributed by atoms with E-state index in [1.54, 1.807) is 0 Å². The predicted molar refractivity (Wildman–Crippen MR) is 269 cm³/mol. The monoisotopic (exact) mass is 817 g/mol. The number of nitrogens with zero attached hydrogens (tertiary/aromatic N) is 1. The molecule has 0 saturated carbocycles. The molecule has 1 heterocycles. The van der Waals surface area contributed by atoms with Gasteiger partial charge in [-0.05, 0) is 121 Å². The quantitative estimate of drug-likeness (QED) is 0.145. The van der Waals surface area contributed by atoms with E-state index in [-0.39, 0.29) is 0 Å². The van der Waals surface area contributed by atoms with Gasteiger partial charge in [0, 0.05) is 11.3 Å². The Balaban J connectivity index is 1.00. The number of hydrogen-bond acceptors (Lipinski definition) is 1. The summed E-state index contributed by atoms with van der Waals surface area (Å²) in [6.45, 7) is 2.24. The van der Waals surface area contributed by atoms with Crippen molar-refractivity contribution in [2.24, 2.45) is 4.99 Å². The molecule has 1 nitrogen and oxygen atoms in total. The maximum atomic E-state index is 5.65. The first-order valence-electron chi connectivity index (χ1n) is 22.4. The highest BCUT2D eigenvalue weighted by atomic mass is 14.8. The molecule has 64 heavy (non-hydrogen) atoms. The number of hydrogen-bond donors (Lipinski definition) is 0. The van der Waals surface area contributed by atoms with Gasteiger partial charge in [-0.25, -0.2) is 0 Å². The fraction of sp³-hybridized carbons (Fsp3) is 0.0635. The third-order valence-electron chi connectivity index (χ3n) is 13.3. The molecule has 0 N–H and O–H groups in total. The average molecular weight is 818 g/mol. The number of benzene rings is 9. The molecule has 0 radical (unpaired) electrons. The third-order valence-corrected chi connectivity index (χ3v) is 13.3. The van der Waals surface area contributed by atoms with Crippen LogP contribution in [0.4, 0.5) is 0 Å². The van der Waals surface area contributed by atoms with Crippen LogP contribution in [0.1, 0.15) is 58.7 Å². The molecule has 1 aliphatic carbocycles. The second-order valence-corrected chi connectivity index (χ2v) is 16.9. The van der Waals surface area contributed by atoms with E-state index in [1.165, 1.54) is 83.5 Å². The largest absolute Gasteiger partial charge is 0.252 e. The molecule has 0 unspecified atom stereocenters. The molecule has 0 aromatic heterocycles. The summed E-state index contributed by atoms with van der Waals surface area (Å²) in [5.74, 6) is 0. The number of aliphatic imine (C=N–C) groups is 1. The van der Waals surface area contributed by atoms with Gasteiger partial charge in [0.25, 0.3) is 0 Å². The summed E-state index contributed by atoms with van der Waals surface area (Å²) in [5, 5.41) is 0. The summed E-state index contributed by atoms with van der Waals surface area (Å²) in [4.78, 5) is 5.65. The lowest BCUT2D eigenvalue weighted by molar-refractivity contribution is 0.768. The van der Waals surface area contributed by atoms with Crippen molar-refractivity contribution in [2.75, 3.05) is 0 Å². The molecule has 9 aromatic carbocycles. The minimum atomic E-state index is -0.449. The normalized spacial score (nSPS) is 14.1. The van der Waals surface area contributed by atoms with Crippen LogP contribution in [0.25, 0.3) is 55.8 Å². The van der Waals surface area contributed by atoms with Crippen molar-refractivity contribution in [2.45, 2.75) is 25.2 Å². The van der Waals surface area contributed by atoms with E-state index >= 15 is 0 Å². The van der Waals surface area contributed by atoms with Crippen LogP contribution < -0.4 is 0 Å². The van der Waals surface area contributed by atoms with E-state index in [4.69, 9.17) is 4.99 Å². The number of rotatable bonds is 8. The Morgan fingerprint density at radius 2 is 0.844 bits per heavy atom. The molecular formula is C63H47N. The van der Waals surface area contributed by atoms with Gasteiger partial charge in [0.05, 0.1) is 11.1 Å². The second-order valence-electron chi connectivity index (χ2n) is 16.9. The zero-order valence-electron chi connectivity index (χ0n) is 36.0.